The number of hydrogen-bond donors (Lipinski definition) is 1. The highest BCUT2D eigenvalue weighted by Crippen LogP contribution is 2.53. The van der Waals surface area contributed by atoms with E-state index >= 15 is 4.57 Å². The number of rotatable bonds is 90. The molecule has 3 aliphatic heterocycles. The van der Waals surface area contributed by atoms with Gasteiger partial charge in [-0.3, -0.25) is 51.1 Å². The number of unbranched alkanes of at least 4 members (excludes halogenated alkanes) is 9. The Hall–Kier alpha value is -4.29. The van der Waals surface area contributed by atoms with Crippen molar-refractivity contribution in [2.24, 2.45) is 58.7 Å². The van der Waals surface area contributed by atoms with Gasteiger partial charge >= 0.3 is 59.4 Å². The number of hydrogen-bond acceptors (Lipinski definition) is 38. The summed E-state index contributed by atoms with van der Waals surface area (Å²) in [7, 11) is -14.4. The van der Waals surface area contributed by atoms with Crippen LogP contribution in [0.2, 0.25) is 0 Å². The van der Waals surface area contributed by atoms with E-state index in [0.29, 0.717) is 84.2 Å². The highest BCUT2D eigenvalue weighted by molar-refractivity contribution is 7.48. The summed E-state index contributed by atoms with van der Waals surface area (Å²) >= 11 is 0. The van der Waals surface area contributed by atoms with Crippen LogP contribution in [0.15, 0.2) is 0 Å². The van der Waals surface area contributed by atoms with Crippen LogP contribution in [0.5, 0.6) is 0 Å². The second-order valence-corrected chi connectivity index (χ2v) is 41.7. The van der Waals surface area contributed by atoms with Crippen LogP contribution in [0.4, 0.5) is 0 Å². The van der Waals surface area contributed by atoms with E-state index in [1.807, 2.05) is 39.8 Å². The molecule has 0 aromatic heterocycles. The summed E-state index contributed by atoms with van der Waals surface area (Å²) in [5.41, 5.74) is -1.33. The number of carbonyl (C=O) groups excluding carboxylic acids is 5. The lowest BCUT2D eigenvalue weighted by Crippen LogP contribution is -2.58. The van der Waals surface area contributed by atoms with Gasteiger partial charge in [-0.2, -0.15) is 10.5 Å². The number of esters is 3. The molecule has 3 heterocycles. The van der Waals surface area contributed by atoms with Crippen molar-refractivity contribution in [3.05, 3.63) is 34.3 Å². The molecule has 0 aromatic carbocycles. The van der Waals surface area contributed by atoms with E-state index in [9.17, 15) is 33.8 Å². The quantitative estimate of drug-likeness (QED) is 0.0194. The fourth-order valence-electron chi connectivity index (χ4n) is 14.8. The van der Waals surface area contributed by atoms with Gasteiger partial charge in [-0.1, -0.05) is 93.9 Å². The minimum Gasteiger partial charge on any atom is -0.463 e. The average molecular weight is 2110 g/mol. The first-order chi connectivity index (χ1) is 68.5. The largest absolute Gasteiger partial charge is 0.474 e. The van der Waals surface area contributed by atoms with E-state index in [4.69, 9.17) is 161 Å². The van der Waals surface area contributed by atoms with Crippen LogP contribution in [0.3, 0.4) is 0 Å². The highest BCUT2D eigenvalue weighted by atomic mass is 31.2. The summed E-state index contributed by atoms with van der Waals surface area (Å²) in [6, 6.07) is 3.51. The molecule has 3 aliphatic rings. The lowest BCUT2D eigenvalue weighted by atomic mass is 9.75. The van der Waals surface area contributed by atoms with Crippen LogP contribution in [-0.2, 0) is 167 Å². The van der Waals surface area contributed by atoms with E-state index < -0.39 is 108 Å². The predicted octanol–water partition coefficient (Wildman–Crippen LogP) is 17.2. The maximum absolute atomic E-state index is 15.1. The van der Waals surface area contributed by atoms with Crippen LogP contribution >= 0.6 is 41.5 Å². The minimum atomic E-state index is -4.60. The number of ketones is 1. The molecule has 0 aliphatic carbocycles. The molecule has 812 valence electrons. The SMILES string of the molecule is [2H]CCCOCC(COCCCOP(=O)(OCCC#N)OCC(COCCCOP(OCCCCCCO[C@@H]1OC(COC(C)=O)[C@H](C)[C@H](C)C1C)OCC[N+]#[C-])(COCCCOP(OCCCCCCO[C@@H]1OC(COC(C)=O)[C@H](C)[C@H](C)C1NC(C)=O)OCC[N+]#[C-])COCCCOP(OCCCCCCO[C@@H]1OC(COC(C)=O)[C@H](C)[C@H](C(C)=O)C1C)OCC[N+]#[C-])COP(=O)(OCC)OCCC#N. The topological polar surface area (TPSA) is 460 Å². The molecule has 3 fully saturated rings. The van der Waals surface area contributed by atoms with E-state index in [0.717, 1.165) is 44.9 Å². The number of nitrogens with zero attached hydrogens (tertiary/aromatic N) is 5. The van der Waals surface area contributed by atoms with Crippen molar-refractivity contribution >= 4 is 71.1 Å². The second kappa shape index (κ2) is 81.6. The fraction of sp³-hybridized carbons (Fsp3) is 0.894. The van der Waals surface area contributed by atoms with E-state index in [1.54, 1.807) is 13.8 Å². The lowest BCUT2D eigenvalue weighted by Gasteiger charge is -2.44. The Balaban J connectivity index is 1.90. The summed E-state index contributed by atoms with van der Waals surface area (Å²) < 4.78 is 210. The van der Waals surface area contributed by atoms with E-state index in [2.05, 4.69) is 40.6 Å². The summed E-state index contributed by atoms with van der Waals surface area (Å²) in [5, 5.41) is 21.7. The van der Waals surface area contributed by atoms with E-state index in [-0.39, 0.29) is 289 Å². The van der Waals surface area contributed by atoms with Crippen molar-refractivity contribution in [3.8, 4) is 12.1 Å². The van der Waals surface area contributed by atoms with Crippen molar-refractivity contribution in [3.63, 3.8) is 0 Å². The molecule has 141 heavy (non-hydrogen) atoms. The second-order valence-electron chi connectivity index (χ2n) is 34.7. The van der Waals surface area contributed by atoms with Gasteiger partial charge in [-0.05, 0) is 114 Å². The Labute approximate surface area is 843 Å². The summed E-state index contributed by atoms with van der Waals surface area (Å²) in [4.78, 5) is 70.3. The summed E-state index contributed by atoms with van der Waals surface area (Å²) in [6.07, 6.45) is 7.11. The average Bonchev–Trinajstić information content (AvgIpc) is 0.849. The van der Waals surface area contributed by atoms with Crippen molar-refractivity contribution < 1.29 is 169 Å². The first kappa shape index (κ1) is 129. The van der Waals surface area contributed by atoms with Crippen LogP contribution in [-0.4, -0.2) is 297 Å². The lowest BCUT2D eigenvalue weighted by molar-refractivity contribution is -0.255. The molecule has 22 atom stereocenters. The van der Waals surface area contributed by atoms with Crippen molar-refractivity contribution in [2.75, 3.05) is 224 Å². The zero-order chi connectivity index (χ0) is 104. The van der Waals surface area contributed by atoms with Crippen LogP contribution in [0.1, 0.15) is 220 Å². The number of carbonyl (C=O) groups is 5. The Morgan fingerprint density at radius 3 is 1.16 bits per heavy atom. The zero-order valence-electron chi connectivity index (χ0n) is 86.6. The Kier molecular flexibility index (Phi) is 74.7. The third-order valence-electron chi connectivity index (χ3n) is 23.0. The molecule has 47 heteroatoms. The van der Waals surface area contributed by atoms with Gasteiger partial charge in [0.15, 0.2) is 18.9 Å². The van der Waals surface area contributed by atoms with Gasteiger partial charge in [0.1, 0.15) is 45.4 Å². The van der Waals surface area contributed by atoms with Crippen molar-refractivity contribution in [1.82, 2.24) is 5.32 Å². The molecular weight excluding hydrogens is 1940 g/mol. The third-order valence-corrected chi connectivity index (χ3v) is 29.5. The Morgan fingerprint density at radius 2 is 0.759 bits per heavy atom. The predicted molar refractivity (Wildman–Crippen MR) is 520 cm³/mol. The molecule has 13 unspecified atom stereocenters. The number of phosphoric acid groups is 2. The number of nitriles is 2. The van der Waals surface area contributed by atoms with E-state index in [1.165, 1.54) is 27.7 Å². The van der Waals surface area contributed by atoms with Gasteiger partial charge in [-0.15, -0.1) is 0 Å². The number of phosphoric ester groups is 2. The normalized spacial score (nSPS) is 23.6. The smallest absolute Gasteiger partial charge is 0.463 e. The molecule has 42 nitrogen and oxygen atoms in total. The maximum Gasteiger partial charge on any atom is 0.474 e. The van der Waals surface area contributed by atoms with Gasteiger partial charge in [0, 0.05) is 106 Å². The third kappa shape index (κ3) is 60.2. The molecule has 0 aromatic rings. The molecule has 0 saturated carbocycles. The first-order valence-electron chi connectivity index (χ1n) is 50.2. The summed E-state index contributed by atoms with van der Waals surface area (Å²) in [6.45, 7) is 47.1. The minimum absolute atomic E-state index is 0.00177. The van der Waals surface area contributed by atoms with Crippen molar-refractivity contribution in [1.29, 1.82) is 10.5 Å². The Morgan fingerprint density at radius 1 is 0.397 bits per heavy atom. The molecule has 0 spiro atoms. The molecule has 3 saturated heterocycles. The zero-order valence-corrected chi connectivity index (χ0v) is 90.1. The first-order valence-corrected chi connectivity index (χ1v) is 55.7. The number of Topliss-reactive ketones (excluding diaryl/α,β-unsaturated/α-hetero) is 1. The van der Waals surface area contributed by atoms with Gasteiger partial charge in [0.25, 0.3) is 0 Å². The molecule has 0 radical (unpaired) electrons. The van der Waals surface area contributed by atoms with Gasteiger partial charge in [0.05, 0.1) is 167 Å². The molecular formula is C94H165N6O36P5. The monoisotopic (exact) mass is 2110 g/mol. The fourth-order valence-corrected chi connectivity index (χ4v) is 20.4. The maximum atomic E-state index is 15.1. The van der Waals surface area contributed by atoms with Gasteiger partial charge < -0.3 is 127 Å². The number of nitrogens with one attached hydrogen (secondary N) is 1. The standard InChI is InChI=1S/C94H165N6O36P5/c1-18-43-108-63-85(65-132-140(106,128-19-2)129-57-32-38-95)64-109-44-37-59-131-141(107,130-58-33-39-96)133-72-94(69-110-45-34-54-122-137(125-60-40-97-15)119-51-29-23-20-26-48-113-91-77(7)73(3)74(4)86(134-91)66-116-82(12)103,70-111-46-35-55-123-138(126-61-41-98-16)120-52-30-24-21-27-49-114-92-79(9)89(80(10)101)78(8)88(135-92)68-118-84(14)105)71-112-47-36-56-124-139(127-62-42-99-17)121-53-31-25-22-28-50-115-93-90(100-81(11)102)76(6)75(5)87(136-93)67-117-83(13)104/h73-79,85-93H,18-37,40-72H2,1-14H3,(H,100,102)/t73-,74+,75+,76-,77?,78-,79?,85?,86?,87?,88?,89-,90?,91+,92+,93+,94?,137?,138?,139?,140?,141?/m0/s1/i1D. The molecule has 1 N–H and O–H groups in total. The van der Waals surface area contributed by atoms with Crippen molar-refractivity contribution in [2.45, 2.75) is 262 Å². The van der Waals surface area contributed by atoms with Gasteiger partial charge in [0.2, 0.25) is 25.5 Å². The van der Waals surface area contributed by atoms with Crippen LogP contribution in [0, 0.1) is 101 Å². The van der Waals surface area contributed by atoms with Crippen LogP contribution in [0.25, 0.3) is 14.5 Å². The highest BCUT2D eigenvalue weighted by Gasteiger charge is 2.47. The molecule has 0 bridgehead atoms. The van der Waals surface area contributed by atoms with Gasteiger partial charge in [-0.25, -0.2) is 28.8 Å². The van der Waals surface area contributed by atoms with Crippen LogP contribution < -0.4 is 5.32 Å². The number of ether oxygens (including phenoxy) is 14. The Bertz CT molecular complexity index is 3650. The number of amides is 1. The summed E-state index contributed by atoms with van der Waals surface area (Å²) in [5.74, 6) is -2.13. The molecule has 1 amide bonds. The molecule has 3 rings (SSSR count).